The molecule has 4 nitrogen and oxygen atoms in total. The van der Waals surface area contributed by atoms with E-state index in [1.807, 2.05) is 16.8 Å². The summed E-state index contributed by atoms with van der Waals surface area (Å²) < 4.78 is 5.44. The van der Waals surface area contributed by atoms with Crippen LogP contribution in [-0.4, -0.2) is 49.7 Å². The van der Waals surface area contributed by atoms with Crippen molar-refractivity contribution in [3.05, 3.63) is 22.4 Å². The largest absolute Gasteiger partial charge is 0.381 e. The second kappa shape index (κ2) is 7.38. The number of piperidine rings is 1. The standard InChI is InChI=1S/C16H24N2O2S/c19-16(14-5-10-21-12-14)17-11-13-1-6-18(7-2-13)15-3-8-20-9-4-15/h5,10,12-13,15H,1-4,6-9,11H2,(H,17,19). The zero-order valence-corrected chi connectivity index (χ0v) is 13.2. The van der Waals surface area contributed by atoms with Gasteiger partial charge in [-0.2, -0.15) is 11.3 Å². The molecule has 5 heteroatoms. The molecule has 21 heavy (non-hydrogen) atoms. The van der Waals surface area contributed by atoms with Crippen molar-refractivity contribution in [3.8, 4) is 0 Å². The van der Waals surface area contributed by atoms with Gasteiger partial charge in [0.1, 0.15) is 0 Å². The molecule has 2 aliphatic heterocycles. The number of hydrogen-bond donors (Lipinski definition) is 1. The molecule has 0 radical (unpaired) electrons. The van der Waals surface area contributed by atoms with E-state index in [4.69, 9.17) is 4.74 Å². The van der Waals surface area contributed by atoms with Gasteiger partial charge in [0.15, 0.2) is 0 Å². The molecule has 0 spiro atoms. The fourth-order valence-corrected chi connectivity index (χ4v) is 3.94. The summed E-state index contributed by atoms with van der Waals surface area (Å²) in [5, 5.41) is 6.93. The van der Waals surface area contributed by atoms with E-state index in [1.54, 1.807) is 11.3 Å². The molecule has 116 valence electrons. The molecule has 0 bridgehead atoms. The lowest BCUT2D eigenvalue weighted by Crippen LogP contribution is -2.45. The Morgan fingerprint density at radius 1 is 1.29 bits per heavy atom. The quantitative estimate of drug-likeness (QED) is 0.928. The van der Waals surface area contributed by atoms with Crippen LogP contribution in [0.4, 0.5) is 0 Å². The maximum absolute atomic E-state index is 11.9. The van der Waals surface area contributed by atoms with Gasteiger partial charge in [0.2, 0.25) is 0 Å². The summed E-state index contributed by atoms with van der Waals surface area (Å²) in [6, 6.07) is 2.61. The maximum Gasteiger partial charge on any atom is 0.252 e. The van der Waals surface area contributed by atoms with Gasteiger partial charge in [0.05, 0.1) is 0 Å². The summed E-state index contributed by atoms with van der Waals surface area (Å²) in [6.45, 7) is 4.99. The predicted molar refractivity (Wildman–Crippen MR) is 84.8 cm³/mol. The van der Waals surface area contributed by atoms with E-state index in [-0.39, 0.29) is 5.91 Å². The van der Waals surface area contributed by atoms with Gasteiger partial charge in [0, 0.05) is 36.7 Å². The summed E-state index contributed by atoms with van der Waals surface area (Å²) >= 11 is 1.57. The van der Waals surface area contributed by atoms with Gasteiger partial charge in [-0.05, 0) is 56.1 Å². The number of amides is 1. The van der Waals surface area contributed by atoms with E-state index in [0.29, 0.717) is 5.92 Å². The summed E-state index contributed by atoms with van der Waals surface area (Å²) in [7, 11) is 0. The fraction of sp³-hybridized carbons (Fsp3) is 0.688. The second-order valence-corrected chi connectivity index (χ2v) is 6.82. The van der Waals surface area contributed by atoms with Crippen molar-refractivity contribution in [2.24, 2.45) is 5.92 Å². The van der Waals surface area contributed by atoms with Crippen LogP contribution in [0.15, 0.2) is 16.8 Å². The number of thiophene rings is 1. The molecule has 1 aromatic rings. The van der Waals surface area contributed by atoms with Gasteiger partial charge in [-0.15, -0.1) is 0 Å². The Morgan fingerprint density at radius 2 is 2.05 bits per heavy atom. The van der Waals surface area contributed by atoms with Crippen LogP contribution in [-0.2, 0) is 4.74 Å². The summed E-state index contributed by atoms with van der Waals surface area (Å²) in [5.41, 5.74) is 0.791. The molecular formula is C16H24N2O2S. The molecule has 0 aliphatic carbocycles. The minimum absolute atomic E-state index is 0.0723. The lowest BCUT2D eigenvalue weighted by molar-refractivity contribution is 0.0211. The number of ether oxygens (including phenoxy) is 1. The second-order valence-electron chi connectivity index (χ2n) is 6.04. The van der Waals surface area contributed by atoms with Crippen molar-refractivity contribution in [1.82, 2.24) is 10.2 Å². The topological polar surface area (TPSA) is 41.6 Å². The van der Waals surface area contributed by atoms with Crippen LogP contribution >= 0.6 is 11.3 Å². The smallest absolute Gasteiger partial charge is 0.252 e. The number of nitrogens with one attached hydrogen (secondary N) is 1. The highest BCUT2D eigenvalue weighted by Crippen LogP contribution is 2.22. The van der Waals surface area contributed by atoms with Gasteiger partial charge in [-0.25, -0.2) is 0 Å². The predicted octanol–water partition coefficient (Wildman–Crippen LogP) is 2.37. The normalized spacial score (nSPS) is 22.3. The Morgan fingerprint density at radius 3 is 2.71 bits per heavy atom. The van der Waals surface area contributed by atoms with Crippen LogP contribution in [0.2, 0.25) is 0 Å². The molecule has 3 rings (SSSR count). The molecule has 0 atom stereocenters. The van der Waals surface area contributed by atoms with E-state index >= 15 is 0 Å². The van der Waals surface area contributed by atoms with Gasteiger partial charge in [-0.3, -0.25) is 4.79 Å². The molecule has 0 saturated carbocycles. The molecule has 2 aliphatic rings. The zero-order chi connectivity index (χ0) is 14.5. The Bertz CT molecular complexity index is 435. The summed E-state index contributed by atoms with van der Waals surface area (Å²) in [6.07, 6.45) is 4.75. The van der Waals surface area contributed by atoms with Crippen molar-refractivity contribution in [2.75, 3.05) is 32.8 Å². The van der Waals surface area contributed by atoms with Crippen LogP contribution < -0.4 is 5.32 Å². The van der Waals surface area contributed by atoms with Crippen molar-refractivity contribution in [2.45, 2.75) is 31.7 Å². The highest BCUT2D eigenvalue weighted by atomic mass is 32.1. The number of carbonyl (C=O) groups is 1. The molecule has 2 saturated heterocycles. The molecule has 0 aromatic carbocycles. The Balaban J connectivity index is 1.38. The minimum atomic E-state index is 0.0723. The maximum atomic E-state index is 11.9. The van der Waals surface area contributed by atoms with Gasteiger partial charge in [-0.1, -0.05) is 0 Å². The third-order valence-corrected chi connectivity index (χ3v) is 5.37. The van der Waals surface area contributed by atoms with Crippen LogP contribution in [0.1, 0.15) is 36.0 Å². The van der Waals surface area contributed by atoms with E-state index in [9.17, 15) is 4.79 Å². The van der Waals surface area contributed by atoms with E-state index < -0.39 is 0 Å². The number of nitrogens with zero attached hydrogens (tertiary/aromatic N) is 1. The lowest BCUT2D eigenvalue weighted by Gasteiger charge is -2.39. The number of likely N-dealkylation sites (tertiary alicyclic amines) is 1. The minimum Gasteiger partial charge on any atom is -0.381 e. The molecule has 1 amide bonds. The zero-order valence-electron chi connectivity index (χ0n) is 12.4. The monoisotopic (exact) mass is 308 g/mol. The molecule has 1 aromatic heterocycles. The van der Waals surface area contributed by atoms with Crippen molar-refractivity contribution in [1.29, 1.82) is 0 Å². The Kier molecular flexibility index (Phi) is 5.27. The average Bonchev–Trinajstić information content (AvgIpc) is 3.08. The van der Waals surface area contributed by atoms with Crippen LogP contribution in [0, 0.1) is 5.92 Å². The third kappa shape index (κ3) is 4.05. The first-order valence-electron chi connectivity index (χ1n) is 7.95. The highest BCUT2D eigenvalue weighted by Gasteiger charge is 2.26. The fourth-order valence-electron chi connectivity index (χ4n) is 3.31. The summed E-state index contributed by atoms with van der Waals surface area (Å²) in [4.78, 5) is 14.6. The van der Waals surface area contributed by atoms with Crippen LogP contribution in [0.25, 0.3) is 0 Å². The SMILES string of the molecule is O=C(NCC1CCN(C2CCOCC2)CC1)c1ccsc1. The van der Waals surface area contributed by atoms with Crippen LogP contribution in [0.5, 0.6) is 0 Å². The highest BCUT2D eigenvalue weighted by molar-refractivity contribution is 7.08. The van der Waals surface area contributed by atoms with Crippen LogP contribution in [0.3, 0.4) is 0 Å². The molecular weight excluding hydrogens is 284 g/mol. The van der Waals surface area contributed by atoms with Gasteiger partial charge >= 0.3 is 0 Å². The van der Waals surface area contributed by atoms with Gasteiger partial charge in [0.25, 0.3) is 5.91 Å². The van der Waals surface area contributed by atoms with E-state index in [1.165, 1.54) is 38.8 Å². The van der Waals surface area contributed by atoms with Crippen molar-refractivity contribution < 1.29 is 9.53 Å². The van der Waals surface area contributed by atoms with E-state index in [2.05, 4.69) is 10.2 Å². The van der Waals surface area contributed by atoms with Crippen molar-refractivity contribution in [3.63, 3.8) is 0 Å². The number of carbonyl (C=O) groups excluding carboxylic acids is 1. The molecule has 3 heterocycles. The third-order valence-electron chi connectivity index (χ3n) is 4.69. The Hall–Kier alpha value is -0.910. The van der Waals surface area contributed by atoms with Crippen molar-refractivity contribution >= 4 is 17.2 Å². The number of hydrogen-bond acceptors (Lipinski definition) is 4. The molecule has 2 fully saturated rings. The lowest BCUT2D eigenvalue weighted by atomic mass is 9.94. The first-order chi connectivity index (χ1) is 10.3. The first-order valence-corrected chi connectivity index (χ1v) is 8.89. The number of rotatable bonds is 4. The summed E-state index contributed by atoms with van der Waals surface area (Å²) in [5.74, 6) is 0.701. The van der Waals surface area contributed by atoms with E-state index in [0.717, 1.165) is 31.4 Å². The molecule has 1 N–H and O–H groups in total. The first kappa shape index (κ1) is 15.0. The Labute approximate surface area is 130 Å². The van der Waals surface area contributed by atoms with Gasteiger partial charge < -0.3 is 15.0 Å². The average molecular weight is 308 g/mol. The molecule has 0 unspecified atom stereocenters.